The van der Waals surface area contributed by atoms with E-state index in [0.29, 0.717) is 5.76 Å². The third-order valence-corrected chi connectivity index (χ3v) is 5.41. The SMILES string of the molecule is COc1ccc(C(CNCC(=O)c2cc3ccccc3o2)N2CCCC2)cc1. The number of hydrogen-bond donors (Lipinski definition) is 1. The summed E-state index contributed by atoms with van der Waals surface area (Å²) in [6.07, 6.45) is 2.45. The van der Waals surface area contributed by atoms with Crippen molar-refractivity contribution in [3.63, 3.8) is 0 Å². The zero-order chi connectivity index (χ0) is 19.3. The van der Waals surface area contributed by atoms with E-state index in [-0.39, 0.29) is 18.4 Å². The quantitative estimate of drug-likeness (QED) is 0.599. The normalized spacial score (nSPS) is 15.8. The van der Waals surface area contributed by atoms with Gasteiger partial charge in [-0.05, 0) is 55.8 Å². The third-order valence-electron chi connectivity index (χ3n) is 5.41. The lowest BCUT2D eigenvalue weighted by molar-refractivity contribution is 0.0963. The molecule has 0 aliphatic carbocycles. The van der Waals surface area contributed by atoms with Crippen molar-refractivity contribution < 1.29 is 13.9 Å². The molecule has 3 aromatic rings. The Morgan fingerprint density at radius 1 is 1.14 bits per heavy atom. The molecule has 2 heterocycles. The molecule has 0 radical (unpaired) electrons. The average molecular weight is 378 g/mol. The number of fused-ring (bicyclic) bond motifs is 1. The van der Waals surface area contributed by atoms with Crippen LogP contribution in [-0.4, -0.2) is 44.0 Å². The second kappa shape index (κ2) is 8.59. The average Bonchev–Trinajstić information content (AvgIpc) is 3.41. The van der Waals surface area contributed by atoms with Crippen LogP contribution in [0.5, 0.6) is 5.75 Å². The molecule has 4 rings (SSSR count). The molecule has 1 unspecified atom stereocenters. The van der Waals surface area contributed by atoms with E-state index in [1.54, 1.807) is 7.11 Å². The van der Waals surface area contributed by atoms with Gasteiger partial charge in [-0.15, -0.1) is 0 Å². The van der Waals surface area contributed by atoms with Crippen molar-refractivity contribution >= 4 is 16.8 Å². The Balaban J connectivity index is 1.41. The Morgan fingerprint density at radius 3 is 2.61 bits per heavy atom. The molecule has 0 saturated carbocycles. The number of ketones is 1. The molecular weight excluding hydrogens is 352 g/mol. The standard InChI is InChI=1S/C23H26N2O3/c1-27-19-10-8-17(9-11-19)20(25-12-4-5-13-25)15-24-16-21(26)23-14-18-6-2-3-7-22(18)28-23/h2-3,6-11,14,20,24H,4-5,12-13,15-16H2,1H3. The molecule has 0 amide bonds. The fraction of sp³-hybridized carbons (Fsp3) is 0.348. The van der Waals surface area contributed by atoms with Crippen LogP contribution < -0.4 is 10.1 Å². The van der Waals surface area contributed by atoms with Crippen LogP contribution in [0.25, 0.3) is 11.0 Å². The van der Waals surface area contributed by atoms with E-state index >= 15 is 0 Å². The van der Waals surface area contributed by atoms with Gasteiger partial charge in [0.1, 0.15) is 11.3 Å². The first-order valence-corrected chi connectivity index (χ1v) is 9.85. The number of carbonyl (C=O) groups is 1. The number of rotatable bonds is 8. The van der Waals surface area contributed by atoms with E-state index in [1.807, 2.05) is 42.5 Å². The number of carbonyl (C=O) groups excluding carboxylic acids is 1. The second-order valence-electron chi connectivity index (χ2n) is 7.23. The summed E-state index contributed by atoms with van der Waals surface area (Å²) in [5.41, 5.74) is 1.99. The number of nitrogens with one attached hydrogen (secondary N) is 1. The van der Waals surface area contributed by atoms with Gasteiger partial charge in [-0.1, -0.05) is 30.3 Å². The molecule has 1 aromatic heterocycles. The lowest BCUT2D eigenvalue weighted by atomic mass is 10.1. The van der Waals surface area contributed by atoms with Crippen LogP contribution in [0.1, 0.15) is 35.0 Å². The zero-order valence-electron chi connectivity index (χ0n) is 16.2. The highest BCUT2D eigenvalue weighted by atomic mass is 16.5. The fourth-order valence-electron chi connectivity index (χ4n) is 3.87. The molecule has 0 bridgehead atoms. The van der Waals surface area contributed by atoms with Crippen LogP contribution in [0.3, 0.4) is 0 Å². The third kappa shape index (κ3) is 4.11. The van der Waals surface area contributed by atoms with Gasteiger partial charge in [-0.2, -0.15) is 0 Å². The first-order valence-electron chi connectivity index (χ1n) is 9.85. The van der Waals surface area contributed by atoms with Crippen molar-refractivity contribution in [3.05, 3.63) is 65.9 Å². The summed E-state index contributed by atoms with van der Waals surface area (Å²) >= 11 is 0. The highest BCUT2D eigenvalue weighted by molar-refractivity contribution is 5.98. The summed E-state index contributed by atoms with van der Waals surface area (Å²) in [5, 5.41) is 4.31. The number of likely N-dealkylation sites (tertiary alicyclic amines) is 1. The molecule has 1 aliphatic heterocycles. The molecule has 1 N–H and O–H groups in total. The monoisotopic (exact) mass is 378 g/mol. The molecular formula is C23H26N2O3. The van der Waals surface area contributed by atoms with Gasteiger partial charge in [-0.25, -0.2) is 0 Å². The summed E-state index contributed by atoms with van der Waals surface area (Å²) < 4.78 is 11.0. The van der Waals surface area contributed by atoms with Gasteiger partial charge >= 0.3 is 0 Å². The van der Waals surface area contributed by atoms with E-state index in [9.17, 15) is 4.79 Å². The summed E-state index contributed by atoms with van der Waals surface area (Å²) in [6, 6.07) is 18.0. The predicted octanol–water partition coefficient (Wildman–Crippen LogP) is 4.05. The van der Waals surface area contributed by atoms with Crippen molar-refractivity contribution in [2.75, 3.05) is 33.3 Å². The van der Waals surface area contributed by atoms with Gasteiger partial charge in [-0.3, -0.25) is 9.69 Å². The smallest absolute Gasteiger partial charge is 0.211 e. The van der Waals surface area contributed by atoms with Crippen LogP contribution in [0.4, 0.5) is 0 Å². The Labute approximate surface area is 165 Å². The van der Waals surface area contributed by atoms with Crippen LogP contribution in [0, 0.1) is 0 Å². The van der Waals surface area contributed by atoms with Gasteiger partial charge in [0.2, 0.25) is 5.78 Å². The maximum atomic E-state index is 12.6. The molecule has 0 spiro atoms. The Morgan fingerprint density at radius 2 is 1.89 bits per heavy atom. The highest BCUT2D eigenvalue weighted by Gasteiger charge is 2.23. The molecule has 1 aliphatic rings. The summed E-state index contributed by atoms with van der Waals surface area (Å²) in [4.78, 5) is 15.0. The minimum atomic E-state index is -0.0221. The van der Waals surface area contributed by atoms with Gasteiger partial charge in [0.05, 0.1) is 13.7 Å². The number of methoxy groups -OCH3 is 1. The number of nitrogens with zero attached hydrogens (tertiary/aromatic N) is 1. The van der Waals surface area contributed by atoms with Crippen molar-refractivity contribution in [1.82, 2.24) is 10.2 Å². The summed E-state index contributed by atoms with van der Waals surface area (Å²) in [7, 11) is 1.68. The molecule has 5 nitrogen and oxygen atoms in total. The molecule has 2 aromatic carbocycles. The minimum Gasteiger partial charge on any atom is -0.497 e. The van der Waals surface area contributed by atoms with Crippen molar-refractivity contribution in [2.45, 2.75) is 18.9 Å². The molecule has 1 atom stereocenters. The van der Waals surface area contributed by atoms with Gasteiger partial charge in [0, 0.05) is 18.0 Å². The number of Topliss-reactive ketones (excluding diaryl/α,β-unsaturated/α-hetero) is 1. The highest BCUT2D eigenvalue weighted by Crippen LogP contribution is 2.26. The predicted molar refractivity (Wildman–Crippen MR) is 110 cm³/mol. The minimum absolute atomic E-state index is 0.0221. The Kier molecular flexibility index (Phi) is 5.74. The number of furan rings is 1. The Bertz CT molecular complexity index is 893. The van der Waals surface area contributed by atoms with Crippen molar-refractivity contribution in [3.8, 4) is 5.75 Å². The molecule has 28 heavy (non-hydrogen) atoms. The first-order chi connectivity index (χ1) is 13.7. The lowest BCUT2D eigenvalue weighted by Gasteiger charge is -2.28. The molecule has 1 saturated heterocycles. The van der Waals surface area contributed by atoms with Gasteiger partial charge < -0.3 is 14.5 Å². The molecule has 146 valence electrons. The van der Waals surface area contributed by atoms with E-state index in [1.165, 1.54) is 18.4 Å². The van der Waals surface area contributed by atoms with Crippen molar-refractivity contribution in [2.24, 2.45) is 0 Å². The van der Waals surface area contributed by atoms with E-state index in [4.69, 9.17) is 9.15 Å². The summed E-state index contributed by atoms with van der Waals surface area (Å²) in [6.45, 7) is 3.17. The first kappa shape index (κ1) is 18.7. The molecule has 5 heteroatoms. The van der Waals surface area contributed by atoms with Gasteiger partial charge in [0.25, 0.3) is 0 Å². The second-order valence-corrected chi connectivity index (χ2v) is 7.23. The topological polar surface area (TPSA) is 54.7 Å². The number of hydrogen-bond acceptors (Lipinski definition) is 5. The lowest BCUT2D eigenvalue weighted by Crippen LogP contribution is -2.36. The van der Waals surface area contributed by atoms with Crippen LogP contribution >= 0.6 is 0 Å². The van der Waals surface area contributed by atoms with Crippen LogP contribution in [0.2, 0.25) is 0 Å². The van der Waals surface area contributed by atoms with Crippen LogP contribution in [0.15, 0.2) is 59.0 Å². The zero-order valence-corrected chi connectivity index (χ0v) is 16.2. The maximum Gasteiger partial charge on any atom is 0.211 e. The summed E-state index contributed by atoms with van der Waals surface area (Å²) in [5.74, 6) is 1.25. The Hall–Kier alpha value is -2.63. The largest absolute Gasteiger partial charge is 0.497 e. The maximum absolute atomic E-state index is 12.6. The van der Waals surface area contributed by atoms with E-state index < -0.39 is 0 Å². The number of benzene rings is 2. The van der Waals surface area contributed by atoms with Crippen LogP contribution in [-0.2, 0) is 0 Å². The van der Waals surface area contributed by atoms with E-state index in [0.717, 1.165) is 36.4 Å². The molecule has 1 fully saturated rings. The fourth-order valence-corrected chi connectivity index (χ4v) is 3.87. The van der Waals surface area contributed by atoms with Gasteiger partial charge in [0.15, 0.2) is 5.76 Å². The number of para-hydroxylation sites is 1. The number of ether oxygens (including phenoxy) is 1. The van der Waals surface area contributed by atoms with E-state index in [2.05, 4.69) is 22.3 Å². The van der Waals surface area contributed by atoms with Crippen molar-refractivity contribution in [1.29, 1.82) is 0 Å².